The number of nitrogens with one attached hydrogen (secondary N) is 1. The minimum atomic E-state index is -0.109. The van der Waals surface area contributed by atoms with Crippen LogP contribution in [0.3, 0.4) is 0 Å². The Balaban J connectivity index is 2.01. The molecule has 1 atom stereocenters. The average molecular weight is 288 g/mol. The van der Waals surface area contributed by atoms with Gasteiger partial charge in [-0.3, -0.25) is 10.2 Å². The van der Waals surface area contributed by atoms with E-state index in [9.17, 15) is 4.79 Å². The average Bonchev–Trinajstić information content (AvgIpc) is 2.73. The monoisotopic (exact) mass is 288 g/mol. The molecule has 0 spiro atoms. The van der Waals surface area contributed by atoms with E-state index >= 15 is 0 Å². The molecular formula is C17H12N4O. The molecule has 0 saturated heterocycles. The van der Waals surface area contributed by atoms with E-state index in [0.29, 0.717) is 5.56 Å². The molecule has 2 aromatic rings. The number of hydrogen-bond donors (Lipinski definition) is 1. The first-order chi connectivity index (χ1) is 10.9. The number of fused-ring (bicyclic) bond motifs is 3. The molecule has 106 valence electrons. The van der Waals surface area contributed by atoms with Crippen LogP contribution in [0.5, 0.6) is 0 Å². The van der Waals surface area contributed by atoms with E-state index in [1.165, 1.54) is 0 Å². The molecule has 1 heterocycles. The SMILES string of the molecule is O=Cc1cccc2c1C(C1=NN=NNC=C1)c1ccccc1-2. The van der Waals surface area contributed by atoms with Gasteiger partial charge >= 0.3 is 0 Å². The van der Waals surface area contributed by atoms with Crippen molar-refractivity contribution in [2.75, 3.05) is 0 Å². The summed E-state index contributed by atoms with van der Waals surface area (Å²) >= 11 is 0. The van der Waals surface area contributed by atoms with Crippen molar-refractivity contribution in [2.45, 2.75) is 5.92 Å². The smallest absolute Gasteiger partial charge is 0.150 e. The minimum Gasteiger partial charge on any atom is -0.298 e. The summed E-state index contributed by atoms with van der Waals surface area (Å²) in [5, 5.41) is 11.6. The molecule has 1 aliphatic carbocycles. The molecule has 4 rings (SSSR count). The molecule has 0 aromatic heterocycles. The largest absolute Gasteiger partial charge is 0.298 e. The molecule has 1 aliphatic heterocycles. The molecule has 2 aliphatic rings. The van der Waals surface area contributed by atoms with Crippen molar-refractivity contribution in [3.05, 3.63) is 71.4 Å². The highest BCUT2D eigenvalue weighted by molar-refractivity contribution is 6.08. The number of aldehydes is 1. The zero-order valence-electron chi connectivity index (χ0n) is 11.6. The Morgan fingerprint density at radius 2 is 1.91 bits per heavy atom. The Bertz CT molecular complexity index is 851. The first-order valence-electron chi connectivity index (χ1n) is 6.97. The molecule has 0 saturated carbocycles. The number of benzene rings is 2. The molecule has 0 fully saturated rings. The van der Waals surface area contributed by atoms with E-state index in [1.807, 2.05) is 36.4 Å². The number of nitrogens with zero attached hydrogens (tertiary/aromatic N) is 3. The Kier molecular flexibility index (Phi) is 2.89. The summed E-state index contributed by atoms with van der Waals surface area (Å²) < 4.78 is 0. The summed E-state index contributed by atoms with van der Waals surface area (Å²) in [4.78, 5) is 11.5. The number of carbonyl (C=O) groups is 1. The highest BCUT2D eigenvalue weighted by atomic mass is 16.1. The van der Waals surface area contributed by atoms with E-state index in [-0.39, 0.29) is 5.92 Å². The number of allylic oxidation sites excluding steroid dienone is 1. The third-order valence-corrected chi connectivity index (χ3v) is 4.00. The lowest BCUT2D eigenvalue weighted by Gasteiger charge is -2.14. The van der Waals surface area contributed by atoms with Crippen molar-refractivity contribution >= 4 is 12.0 Å². The molecule has 1 N–H and O–H groups in total. The third kappa shape index (κ3) is 1.79. The van der Waals surface area contributed by atoms with Crippen LogP contribution in [-0.4, -0.2) is 12.0 Å². The number of rotatable bonds is 2. The summed E-state index contributed by atoms with van der Waals surface area (Å²) in [6.45, 7) is 0. The van der Waals surface area contributed by atoms with Crippen LogP contribution >= 0.6 is 0 Å². The van der Waals surface area contributed by atoms with Crippen molar-refractivity contribution in [1.82, 2.24) is 5.43 Å². The van der Waals surface area contributed by atoms with Crippen LogP contribution in [0.15, 0.2) is 70.3 Å². The van der Waals surface area contributed by atoms with Crippen LogP contribution in [-0.2, 0) is 0 Å². The number of carbonyl (C=O) groups excluding carboxylic acids is 1. The standard InChI is InChI=1S/C17H12N4O/c22-10-11-4-3-7-13-12-5-1-2-6-14(12)17(16(11)13)15-8-9-18-20-21-19-15/h1-10,17H,(H,18,21). The molecule has 5 nitrogen and oxygen atoms in total. The predicted octanol–water partition coefficient (Wildman–Crippen LogP) is 3.45. The normalized spacial score (nSPS) is 18.0. The van der Waals surface area contributed by atoms with E-state index in [1.54, 1.807) is 6.20 Å². The lowest BCUT2D eigenvalue weighted by atomic mass is 9.89. The second-order valence-corrected chi connectivity index (χ2v) is 5.12. The topological polar surface area (TPSA) is 66.2 Å². The minimum absolute atomic E-state index is 0.109. The van der Waals surface area contributed by atoms with Gasteiger partial charge in [0.05, 0.1) is 11.6 Å². The maximum atomic E-state index is 11.5. The van der Waals surface area contributed by atoms with Crippen LogP contribution in [0.25, 0.3) is 11.1 Å². The Morgan fingerprint density at radius 1 is 1.05 bits per heavy atom. The fraction of sp³-hybridized carbons (Fsp3) is 0.0588. The first kappa shape index (κ1) is 12.6. The molecular weight excluding hydrogens is 276 g/mol. The van der Waals surface area contributed by atoms with Gasteiger partial charge in [-0.2, -0.15) is 0 Å². The van der Waals surface area contributed by atoms with Gasteiger partial charge in [-0.15, -0.1) is 5.10 Å². The Labute approximate surface area is 127 Å². The second-order valence-electron chi connectivity index (χ2n) is 5.12. The summed E-state index contributed by atoms with van der Waals surface area (Å²) in [6, 6.07) is 13.9. The molecule has 0 radical (unpaired) electrons. The Hall–Kier alpha value is -3.08. The highest BCUT2D eigenvalue weighted by Crippen LogP contribution is 2.46. The Morgan fingerprint density at radius 3 is 2.82 bits per heavy atom. The fourth-order valence-electron chi connectivity index (χ4n) is 3.14. The predicted molar refractivity (Wildman–Crippen MR) is 83.7 cm³/mol. The van der Waals surface area contributed by atoms with Crippen LogP contribution in [0, 0.1) is 0 Å². The van der Waals surface area contributed by atoms with Gasteiger partial charge in [0.1, 0.15) is 6.29 Å². The zero-order valence-corrected chi connectivity index (χ0v) is 11.6. The van der Waals surface area contributed by atoms with Crippen LogP contribution < -0.4 is 5.43 Å². The number of hydrogen-bond acceptors (Lipinski definition) is 5. The zero-order chi connectivity index (χ0) is 14.9. The maximum absolute atomic E-state index is 11.5. The fourth-order valence-corrected chi connectivity index (χ4v) is 3.14. The molecule has 1 unspecified atom stereocenters. The van der Waals surface area contributed by atoms with Gasteiger partial charge in [-0.05, 0) is 38.8 Å². The molecule has 22 heavy (non-hydrogen) atoms. The molecule has 0 bridgehead atoms. The van der Waals surface area contributed by atoms with Crippen molar-refractivity contribution in [3.8, 4) is 11.1 Å². The molecule has 0 amide bonds. The summed E-state index contributed by atoms with van der Waals surface area (Å²) in [7, 11) is 0. The second kappa shape index (κ2) is 5.04. The van der Waals surface area contributed by atoms with Gasteiger partial charge < -0.3 is 0 Å². The highest BCUT2D eigenvalue weighted by Gasteiger charge is 2.33. The van der Waals surface area contributed by atoms with Crippen molar-refractivity contribution in [1.29, 1.82) is 0 Å². The quantitative estimate of drug-likeness (QED) is 0.860. The molecule has 2 aromatic carbocycles. The van der Waals surface area contributed by atoms with E-state index < -0.39 is 0 Å². The van der Waals surface area contributed by atoms with Gasteiger partial charge in [0, 0.05) is 11.8 Å². The lowest BCUT2D eigenvalue weighted by molar-refractivity contribution is 0.112. The summed E-state index contributed by atoms with van der Waals surface area (Å²) in [5.74, 6) is -0.109. The first-order valence-corrected chi connectivity index (χ1v) is 6.97. The van der Waals surface area contributed by atoms with Crippen LogP contribution in [0.4, 0.5) is 0 Å². The lowest BCUT2D eigenvalue weighted by Crippen LogP contribution is -2.11. The summed E-state index contributed by atoms with van der Waals surface area (Å²) in [6.07, 6.45) is 4.44. The maximum Gasteiger partial charge on any atom is 0.150 e. The van der Waals surface area contributed by atoms with Crippen molar-refractivity contribution < 1.29 is 4.79 Å². The van der Waals surface area contributed by atoms with Crippen molar-refractivity contribution in [2.24, 2.45) is 15.5 Å². The van der Waals surface area contributed by atoms with Gasteiger partial charge in [-0.1, -0.05) is 42.5 Å². The van der Waals surface area contributed by atoms with Gasteiger partial charge in [-0.25, -0.2) is 0 Å². The van der Waals surface area contributed by atoms with Gasteiger partial charge in [0.25, 0.3) is 0 Å². The van der Waals surface area contributed by atoms with Gasteiger partial charge in [0.15, 0.2) is 0 Å². The van der Waals surface area contributed by atoms with E-state index in [4.69, 9.17) is 0 Å². The van der Waals surface area contributed by atoms with Gasteiger partial charge in [0.2, 0.25) is 0 Å². The third-order valence-electron chi connectivity index (χ3n) is 4.00. The summed E-state index contributed by atoms with van der Waals surface area (Å²) in [5.41, 5.74) is 8.45. The van der Waals surface area contributed by atoms with Crippen LogP contribution in [0.2, 0.25) is 0 Å². The molecule has 5 heteroatoms. The van der Waals surface area contributed by atoms with Crippen LogP contribution in [0.1, 0.15) is 27.4 Å². The van der Waals surface area contributed by atoms with E-state index in [2.05, 4.69) is 33.1 Å². The van der Waals surface area contributed by atoms with Crippen molar-refractivity contribution in [3.63, 3.8) is 0 Å². The van der Waals surface area contributed by atoms with E-state index in [0.717, 1.165) is 34.3 Å².